The van der Waals surface area contributed by atoms with Gasteiger partial charge in [-0.1, -0.05) is 102 Å². The molecule has 13 unspecified atom stereocenters. The van der Waals surface area contributed by atoms with Crippen molar-refractivity contribution in [2.24, 2.45) is 41.4 Å². The predicted octanol–water partition coefficient (Wildman–Crippen LogP) is 1.31. The van der Waals surface area contributed by atoms with Gasteiger partial charge in [-0.15, -0.1) is 0 Å². The molecule has 0 radical (unpaired) electrons. The molecular weight excluding hydrogens is 1210 g/mol. The van der Waals surface area contributed by atoms with Gasteiger partial charge < -0.3 is 70.3 Å². The number of nitrogens with one attached hydrogen (secondary N) is 5. The second-order valence-electron chi connectivity index (χ2n) is 28.0. The van der Waals surface area contributed by atoms with Gasteiger partial charge in [0.1, 0.15) is 54.9 Å². The van der Waals surface area contributed by atoms with E-state index in [0.29, 0.717) is 32.5 Å². The maximum Gasteiger partial charge on any atom is 0.248 e. The molecule has 2 saturated heterocycles. The molecule has 94 heavy (non-hydrogen) atoms. The average molecular weight is 1330 g/mol. The number of aldehydes is 1. The van der Waals surface area contributed by atoms with Crippen LogP contribution < -0.4 is 26.6 Å². The van der Waals surface area contributed by atoms with Crippen molar-refractivity contribution in [3.63, 3.8) is 0 Å². The molecule has 0 aliphatic carbocycles. The van der Waals surface area contributed by atoms with E-state index < -0.39 is 155 Å². The van der Waals surface area contributed by atoms with Crippen LogP contribution in [0.25, 0.3) is 0 Å². The van der Waals surface area contributed by atoms with Crippen LogP contribution in [0.1, 0.15) is 143 Å². The van der Waals surface area contributed by atoms with Crippen LogP contribution >= 0.6 is 0 Å². The number of hydrogen-bond acceptors (Lipinski definition) is 16. The highest BCUT2D eigenvalue weighted by Gasteiger charge is 2.49. The normalized spacial score (nSPS) is 27.4. The number of aliphatic hydroxyl groups is 1. The lowest BCUT2D eigenvalue weighted by Gasteiger charge is -2.46. The van der Waals surface area contributed by atoms with E-state index in [2.05, 4.69) is 26.6 Å². The molecule has 27 heteroatoms. The Morgan fingerprint density at radius 1 is 0.606 bits per heavy atom. The molecule has 0 spiro atoms. The molecular formula is C67H119N13O14. The minimum atomic E-state index is -2.13. The summed E-state index contributed by atoms with van der Waals surface area (Å²) in [6.45, 7) is 28.2. The van der Waals surface area contributed by atoms with Gasteiger partial charge in [0.2, 0.25) is 65.0 Å². The smallest absolute Gasteiger partial charge is 0.248 e. The maximum absolute atomic E-state index is 15.3. The highest BCUT2D eigenvalue weighted by atomic mass is 16.5. The largest absolute Gasteiger partial charge is 0.390 e. The van der Waals surface area contributed by atoms with Gasteiger partial charge in [-0.3, -0.25) is 62.9 Å². The first-order valence-electron chi connectivity index (χ1n) is 33.6. The fourth-order valence-corrected chi connectivity index (χ4v) is 12.1. The minimum absolute atomic E-state index is 0.0433. The third-order valence-corrected chi connectivity index (χ3v) is 18.2. The zero-order valence-corrected chi connectivity index (χ0v) is 60.9. The molecule has 2 aliphatic heterocycles. The standard InChI is InChI=1S/C67H119N13O14/c1-24-26-27-44(13)57(84)56-60(87)71-48(25-2)62(89)73(17)35-52(82)79(23)67(38-81,45(14)36-94-37-53(83)80-30-28-68-29-31-80)72-54(42(9)10)65(92)74(18)49(32-39(3)4)59(86)69-46(15)58(85)70-47(16)61(88)75(19)50(33-40(5)6)63(90)76(20)51(34-41(7)8)64(91)77(21)55(43(11)12)66(93)78(56)22/h24,26,38-51,54-57,68,72,84H,25,27-37H2,1-23H3,(H,69,86)(H,70,85)(H,71,87). The fourth-order valence-electron chi connectivity index (χ4n) is 12.1. The van der Waals surface area contributed by atoms with Gasteiger partial charge in [-0.25, -0.2) is 0 Å². The van der Waals surface area contributed by atoms with E-state index in [1.807, 2.05) is 41.5 Å². The minimum Gasteiger partial charge on any atom is -0.390 e. The molecule has 11 amide bonds. The van der Waals surface area contributed by atoms with Gasteiger partial charge in [0.15, 0.2) is 11.9 Å². The molecule has 27 nitrogen and oxygen atoms in total. The van der Waals surface area contributed by atoms with Crippen molar-refractivity contribution in [3.8, 4) is 0 Å². The molecule has 0 aromatic rings. The SMILES string of the molecule is CC=CCC(C)C(O)C1C(=O)NC(CC)C(=O)N(C)CC(=O)N(C)C(C=O)(C(C)COCC(=O)N2CCNCC2)NC(C(C)C)C(=O)N(C)C(CC(C)C)C(=O)NC(C)C(=O)NC(C)C(=O)N(C)C(CC(C)C)C(=O)N(C)C(CC(C)C)C(=O)N(C)C(C(C)C)C(=O)N1C. The lowest BCUT2D eigenvalue weighted by atomic mass is 9.90. The number of amides is 11. The van der Waals surface area contributed by atoms with Crippen molar-refractivity contribution >= 4 is 71.3 Å². The van der Waals surface area contributed by atoms with Gasteiger partial charge in [-0.2, -0.15) is 0 Å². The van der Waals surface area contributed by atoms with E-state index in [4.69, 9.17) is 4.74 Å². The van der Waals surface area contributed by atoms with Crippen molar-refractivity contribution < 1.29 is 67.4 Å². The predicted molar refractivity (Wildman–Crippen MR) is 358 cm³/mol. The third-order valence-electron chi connectivity index (χ3n) is 18.2. The first kappa shape index (κ1) is 83.5. The molecule has 536 valence electrons. The molecule has 13 atom stereocenters. The Labute approximate surface area is 560 Å². The number of carbonyl (C=O) groups is 12. The van der Waals surface area contributed by atoms with Gasteiger partial charge in [0.25, 0.3) is 0 Å². The molecule has 2 aliphatic rings. The molecule has 0 aromatic carbocycles. The third kappa shape index (κ3) is 22.2. The van der Waals surface area contributed by atoms with Gasteiger partial charge in [0, 0.05) is 81.4 Å². The fraction of sp³-hybridized carbons (Fsp3) is 0.791. The number of likely N-dealkylation sites (N-methyl/N-ethyl adjacent to an activating group) is 7. The number of ether oxygens (including phenoxy) is 1. The Morgan fingerprint density at radius 3 is 1.59 bits per heavy atom. The summed E-state index contributed by atoms with van der Waals surface area (Å²) in [5, 5.41) is 26.7. The van der Waals surface area contributed by atoms with E-state index in [1.165, 1.54) is 82.8 Å². The van der Waals surface area contributed by atoms with Crippen LogP contribution in [0.2, 0.25) is 0 Å². The number of aliphatic hydroxyl groups excluding tert-OH is 1. The number of piperazine rings is 1. The molecule has 2 fully saturated rings. The quantitative estimate of drug-likeness (QED) is 0.0785. The highest BCUT2D eigenvalue weighted by Crippen LogP contribution is 2.28. The molecule has 2 heterocycles. The number of nitrogens with zero attached hydrogens (tertiary/aromatic N) is 8. The van der Waals surface area contributed by atoms with Crippen LogP contribution in [0.5, 0.6) is 0 Å². The molecule has 0 saturated carbocycles. The molecule has 2 rings (SSSR count). The van der Waals surface area contributed by atoms with Gasteiger partial charge >= 0.3 is 0 Å². The Bertz CT molecular complexity index is 2610. The number of hydrogen-bond donors (Lipinski definition) is 6. The topological polar surface area (TPSA) is 320 Å². The monoisotopic (exact) mass is 1330 g/mol. The second-order valence-corrected chi connectivity index (χ2v) is 28.0. The van der Waals surface area contributed by atoms with Gasteiger partial charge in [0.05, 0.1) is 25.3 Å². The zero-order chi connectivity index (χ0) is 72.1. The lowest BCUT2D eigenvalue weighted by molar-refractivity contribution is -0.157. The summed E-state index contributed by atoms with van der Waals surface area (Å²) < 4.78 is 5.99. The Hall–Kier alpha value is -6.58. The Balaban J connectivity index is 3.06. The Kier molecular flexibility index (Phi) is 34.0. The summed E-state index contributed by atoms with van der Waals surface area (Å²) in [5.41, 5.74) is -2.13. The first-order chi connectivity index (χ1) is 43.7. The molecule has 6 N–H and O–H groups in total. The van der Waals surface area contributed by atoms with Crippen LogP contribution in [-0.2, 0) is 62.3 Å². The van der Waals surface area contributed by atoms with Crippen LogP contribution in [0, 0.1) is 41.4 Å². The first-order valence-corrected chi connectivity index (χ1v) is 33.6. The summed E-state index contributed by atoms with van der Waals surface area (Å²) in [6.07, 6.45) is 3.07. The van der Waals surface area contributed by atoms with Crippen molar-refractivity contribution in [2.75, 3.05) is 95.3 Å². The molecule has 0 aromatic heterocycles. The summed E-state index contributed by atoms with van der Waals surface area (Å²) >= 11 is 0. The lowest BCUT2D eigenvalue weighted by Crippen LogP contribution is -2.71. The van der Waals surface area contributed by atoms with E-state index in [0.717, 1.165) is 14.7 Å². The second kappa shape index (κ2) is 38.2. The van der Waals surface area contributed by atoms with Crippen LogP contribution in [0.15, 0.2) is 12.2 Å². The molecule has 0 bridgehead atoms. The van der Waals surface area contributed by atoms with E-state index in [1.54, 1.807) is 72.4 Å². The number of carbonyl (C=O) groups excluding carboxylic acids is 12. The van der Waals surface area contributed by atoms with Gasteiger partial charge in [-0.05, 0) is 88.4 Å². The van der Waals surface area contributed by atoms with Crippen molar-refractivity contribution in [2.45, 2.75) is 209 Å². The average Bonchev–Trinajstić information content (AvgIpc) is 0.791. The zero-order valence-electron chi connectivity index (χ0n) is 60.9. The van der Waals surface area contributed by atoms with Crippen LogP contribution in [0.4, 0.5) is 0 Å². The summed E-state index contributed by atoms with van der Waals surface area (Å²) in [6, 6.07) is -11.7. The van der Waals surface area contributed by atoms with E-state index >= 15 is 19.2 Å². The summed E-state index contributed by atoms with van der Waals surface area (Å²) in [5.74, 6) is -11.1. The Morgan fingerprint density at radius 2 is 1.10 bits per heavy atom. The van der Waals surface area contributed by atoms with E-state index in [9.17, 15) is 43.5 Å². The van der Waals surface area contributed by atoms with Crippen LogP contribution in [0.3, 0.4) is 0 Å². The maximum atomic E-state index is 15.3. The highest BCUT2D eigenvalue weighted by molar-refractivity contribution is 5.99. The van der Waals surface area contributed by atoms with Crippen molar-refractivity contribution in [1.82, 2.24) is 65.8 Å². The van der Waals surface area contributed by atoms with Crippen LogP contribution in [-0.4, -0.2) is 277 Å². The number of rotatable bonds is 19. The van der Waals surface area contributed by atoms with Crippen molar-refractivity contribution in [1.29, 1.82) is 0 Å². The summed E-state index contributed by atoms with van der Waals surface area (Å²) in [4.78, 5) is 186. The van der Waals surface area contributed by atoms with Crippen molar-refractivity contribution in [3.05, 3.63) is 12.2 Å². The van der Waals surface area contributed by atoms with E-state index in [-0.39, 0.29) is 69.0 Å². The summed E-state index contributed by atoms with van der Waals surface area (Å²) in [7, 11) is 9.68. The number of allylic oxidation sites excluding steroid dienone is 2.